The zero-order chi connectivity index (χ0) is 19.1. The van der Waals surface area contributed by atoms with E-state index in [1.54, 1.807) is 6.92 Å². The molecule has 27 heavy (non-hydrogen) atoms. The number of carbonyl (C=O) groups excluding carboxylic acids is 1. The highest BCUT2D eigenvalue weighted by Gasteiger charge is 2.32. The Morgan fingerprint density at radius 2 is 1.70 bits per heavy atom. The molecule has 1 heterocycles. The number of ether oxygens (including phenoxy) is 2. The van der Waals surface area contributed by atoms with Crippen molar-refractivity contribution in [1.29, 1.82) is 5.41 Å². The van der Waals surface area contributed by atoms with Gasteiger partial charge in [0.1, 0.15) is 12.5 Å². The molecule has 0 radical (unpaired) electrons. The van der Waals surface area contributed by atoms with Crippen molar-refractivity contribution in [2.45, 2.75) is 31.9 Å². The van der Waals surface area contributed by atoms with E-state index in [9.17, 15) is 4.79 Å². The first-order valence-electron chi connectivity index (χ1n) is 9.41. The van der Waals surface area contributed by atoms with Gasteiger partial charge >= 0.3 is 5.97 Å². The highest BCUT2D eigenvalue weighted by Crippen LogP contribution is 2.32. The molecule has 1 N–H and O–H groups in total. The highest BCUT2D eigenvalue weighted by molar-refractivity contribution is 5.92. The zero-order valence-electron chi connectivity index (χ0n) is 15.6. The van der Waals surface area contributed by atoms with Crippen LogP contribution < -0.4 is 0 Å². The van der Waals surface area contributed by atoms with Crippen LogP contribution in [0, 0.1) is 5.41 Å². The largest absolute Gasteiger partial charge is 0.481 e. The summed E-state index contributed by atoms with van der Waals surface area (Å²) in [7, 11) is 0. The summed E-state index contributed by atoms with van der Waals surface area (Å²) in [6.45, 7) is 3.72. The summed E-state index contributed by atoms with van der Waals surface area (Å²) < 4.78 is 10.6. The summed E-state index contributed by atoms with van der Waals surface area (Å²) >= 11 is 0. The molecular weight excluding hydrogens is 340 g/mol. The number of hydrogen-bond acceptors (Lipinski definition) is 5. The molecule has 1 atom stereocenters. The smallest absolute Gasteiger partial charge is 0.315 e. The lowest BCUT2D eigenvalue weighted by Crippen LogP contribution is -2.30. The molecule has 0 bridgehead atoms. The first kappa shape index (κ1) is 19.1. The van der Waals surface area contributed by atoms with Gasteiger partial charge in [-0.3, -0.25) is 15.1 Å². The van der Waals surface area contributed by atoms with E-state index in [1.165, 1.54) is 11.1 Å². The van der Waals surface area contributed by atoms with E-state index < -0.39 is 5.97 Å². The van der Waals surface area contributed by atoms with Gasteiger partial charge in [-0.2, -0.15) is 0 Å². The Bertz CT molecular complexity index is 709. The molecule has 3 rings (SSSR count). The lowest BCUT2D eigenvalue weighted by molar-refractivity contribution is -0.147. The van der Waals surface area contributed by atoms with Crippen molar-refractivity contribution in [1.82, 2.24) is 4.90 Å². The molecule has 1 saturated heterocycles. The van der Waals surface area contributed by atoms with E-state index in [0.717, 1.165) is 13.0 Å². The van der Waals surface area contributed by atoms with Crippen molar-refractivity contribution in [3.05, 3.63) is 71.8 Å². The third-order valence-corrected chi connectivity index (χ3v) is 4.69. The van der Waals surface area contributed by atoms with E-state index >= 15 is 0 Å². The molecule has 0 saturated carbocycles. The van der Waals surface area contributed by atoms with Crippen LogP contribution in [-0.2, 0) is 14.3 Å². The predicted octanol–water partition coefficient (Wildman–Crippen LogP) is 3.80. The van der Waals surface area contributed by atoms with Crippen molar-refractivity contribution >= 4 is 11.9 Å². The summed E-state index contributed by atoms with van der Waals surface area (Å²) in [5.74, 6) is -0.430. The quantitative estimate of drug-likeness (QED) is 0.460. The van der Waals surface area contributed by atoms with E-state index in [0.29, 0.717) is 13.2 Å². The number of esters is 1. The van der Waals surface area contributed by atoms with Gasteiger partial charge in [-0.05, 0) is 24.5 Å². The van der Waals surface area contributed by atoms with Crippen LogP contribution in [0.5, 0.6) is 0 Å². The van der Waals surface area contributed by atoms with Crippen LogP contribution in [0.2, 0.25) is 0 Å². The predicted molar refractivity (Wildman–Crippen MR) is 105 cm³/mol. The van der Waals surface area contributed by atoms with Gasteiger partial charge in [0.2, 0.25) is 0 Å². The Kier molecular flexibility index (Phi) is 6.60. The van der Waals surface area contributed by atoms with Gasteiger partial charge in [0, 0.05) is 13.1 Å². The topological polar surface area (TPSA) is 62.6 Å². The standard InChI is InChI=1S/C22H26N2O3/c1-2-26-20(23)15-21(25)27-19-13-14-24(16-19)22(17-9-5-3-6-10-17)18-11-7-4-8-12-18/h3-12,19,22-23H,2,13-16H2,1H3. The molecule has 142 valence electrons. The maximum atomic E-state index is 12.0. The second-order valence-corrected chi connectivity index (χ2v) is 6.65. The average molecular weight is 366 g/mol. The fourth-order valence-electron chi connectivity index (χ4n) is 3.55. The first-order valence-corrected chi connectivity index (χ1v) is 9.41. The third kappa shape index (κ3) is 5.17. The van der Waals surface area contributed by atoms with Crippen LogP contribution in [0.3, 0.4) is 0 Å². The average Bonchev–Trinajstić information content (AvgIpc) is 3.11. The summed E-state index contributed by atoms with van der Waals surface area (Å²) in [6.07, 6.45) is 0.538. The number of nitrogens with one attached hydrogen (secondary N) is 1. The van der Waals surface area contributed by atoms with Crippen molar-refractivity contribution < 1.29 is 14.3 Å². The summed E-state index contributed by atoms with van der Waals surface area (Å²) in [6, 6.07) is 21.0. The van der Waals surface area contributed by atoms with Gasteiger partial charge in [-0.25, -0.2) is 0 Å². The van der Waals surface area contributed by atoms with Crippen LogP contribution in [-0.4, -0.2) is 42.6 Å². The number of benzene rings is 2. The van der Waals surface area contributed by atoms with Gasteiger partial charge < -0.3 is 9.47 Å². The maximum Gasteiger partial charge on any atom is 0.315 e. The number of nitrogens with zero attached hydrogens (tertiary/aromatic N) is 1. The van der Waals surface area contributed by atoms with Crippen molar-refractivity contribution in [3.63, 3.8) is 0 Å². The Morgan fingerprint density at radius 3 is 2.26 bits per heavy atom. The minimum absolute atomic E-state index is 0.0381. The second-order valence-electron chi connectivity index (χ2n) is 6.65. The fraction of sp³-hybridized carbons (Fsp3) is 0.364. The Morgan fingerprint density at radius 1 is 1.11 bits per heavy atom. The molecule has 1 aliphatic rings. The fourth-order valence-corrected chi connectivity index (χ4v) is 3.55. The lowest BCUT2D eigenvalue weighted by Gasteiger charge is -2.28. The number of carbonyl (C=O) groups is 1. The Hall–Kier alpha value is -2.66. The number of likely N-dealkylation sites (tertiary alicyclic amines) is 1. The van der Waals surface area contributed by atoms with Gasteiger partial charge in [0.25, 0.3) is 0 Å². The molecule has 0 spiro atoms. The minimum atomic E-state index is -0.392. The monoisotopic (exact) mass is 366 g/mol. The molecule has 2 aromatic rings. The first-order chi connectivity index (χ1) is 13.2. The SMILES string of the molecule is CCOC(=N)CC(=O)OC1CCN(C(c2ccccc2)c2ccccc2)C1. The molecule has 0 aromatic heterocycles. The van der Waals surface area contributed by atoms with Crippen LogP contribution in [0.25, 0.3) is 0 Å². The van der Waals surface area contributed by atoms with Gasteiger partial charge in [0.05, 0.1) is 12.6 Å². The van der Waals surface area contributed by atoms with E-state index in [1.807, 2.05) is 12.1 Å². The van der Waals surface area contributed by atoms with Crippen molar-refractivity contribution in [2.75, 3.05) is 19.7 Å². The van der Waals surface area contributed by atoms with Crippen LogP contribution in [0.15, 0.2) is 60.7 Å². The molecule has 1 fully saturated rings. The van der Waals surface area contributed by atoms with E-state index in [-0.39, 0.29) is 24.5 Å². The Labute approximate surface area is 160 Å². The molecule has 5 heteroatoms. The molecule has 2 aromatic carbocycles. The normalized spacial score (nSPS) is 17.0. The van der Waals surface area contributed by atoms with Gasteiger partial charge in [-0.15, -0.1) is 0 Å². The van der Waals surface area contributed by atoms with Gasteiger partial charge in [0.15, 0.2) is 5.90 Å². The summed E-state index contributed by atoms with van der Waals surface area (Å²) in [5, 5.41) is 7.59. The molecule has 5 nitrogen and oxygen atoms in total. The van der Waals surface area contributed by atoms with Gasteiger partial charge in [-0.1, -0.05) is 60.7 Å². The van der Waals surface area contributed by atoms with Crippen molar-refractivity contribution in [2.24, 2.45) is 0 Å². The molecule has 0 aliphatic carbocycles. The maximum absolute atomic E-state index is 12.0. The summed E-state index contributed by atoms with van der Waals surface area (Å²) in [5.41, 5.74) is 2.46. The van der Waals surface area contributed by atoms with Crippen LogP contribution >= 0.6 is 0 Å². The number of rotatable bonds is 7. The Balaban J connectivity index is 1.67. The molecule has 1 unspecified atom stereocenters. The zero-order valence-corrected chi connectivity index (χ0v) is 15.6. The molecular formula is C22H26N2O3. The lowest BCUT2D eigenvalue weighted by atomic mass is 9.97. The second kappa shape index (κ2) is 9.33. The van der Waals surface area contributed by atoms with Crippen molar-refractivity contribution in [3.8, 4) is 0 Å². The van der Waals surface area contributed by atoms with Crippen LogP contribution in [0.4, 0.5) is 0 Å². The van der Waals surface area contributed by atoms with Crippen LogP contribution in [0.1, 0.15) is 36.9 Å². The van der Waals surface area contributed by atoms with E-state index in [2.05, 4.69) is 53.4 Å². The number of hydrogen-bond donors (Lipinski definition) is 1. The summed E-state index contributed by atoms with van der Waals surface area (Å²) in [4.78, 5) is 14.4. The van der Waals surface area contributed by atoms with E-state index in [4.69, 9.17) is 14.9 Å². The third-order valence-electron chi connectivity index (χ3n) is 4.69. The highest BCUT2D eigenvalue weighted by atomic mass is 16.5. The minimum Gasteiger partial charge on any atom is -0.481 e. The molecule has 0 amide bonds. The molecule has 1 aliphatic heterocycles.